The van der Waals surface area contributed by atoms with E-state index in [2.05, 4.69) is 22.1 Å². The predicted molar refractivity (Wildman–Crippen MR) is 90.0 cm³/mol. The molecule has 0 atom stereocenters. The number of benzene rings is 1. The minimum Gasteiger partial charge on any atom is -0.454 e. The van der Waals surface area contributed by atoms with Crippen LogP contribution in [0.25, 0.3) is 44.2 Å². The molecule has 5 aromatic rings. The molecule has 0 spiro atoms. The summed E-state index contributed by atoms with van der Waals surface area (Å²) < 4.78 is 5.79. The Morgan fingerprint density at radius 1 is 0.783 bits per heavy atom. The number of hydrogen-bond acceptors (Lipinski definition) is 4. The van der Waals surface area contributed by atoms with Gasteiger partial charge in [0, 0.05) is 28.6 Å². The lowest BCUT2D eigenvalue weighted by atomic mass is 10.1. The summed E-state index contributed by atoms with van der Waals surface area (Å²) in [6.07, 6.45) is 5.30. The van der Waals surface area contributed by atoms with E-state index >= 15 is 0 Å². The molecule has 0 saturated carbocycles. The van der Waals surface area contributed by atoms with Crippen LogP contribution >= 0.6 is 0 Å². The number of aromatic nitrogens is 3. The van der Waals surface area contributed by atoms with Gasteiger partial charge in [0.2, 0.25) is 0 Å². The largest absolute Gasteiger partial charge is 0.454 e. The second kappa shape index (κ2) is 4.61. The summed E-state index contributed by atoms with van der Waals surface area (Å²) in [4.78, 5) is 13.4. The van der Waals surface area contributed by atoms with Gasteiger partial charge in [0.1, 0.15) is 5.58 Å². The van der Waals surface area contributed by atoms with E-state index in [1.54, 1.807) is 12.4 Å². The minimum absolute atomic E-state index is 0.762. The van der Waals surface area contributed by atoms with Crippen molar-refractivity contribution in [3.8, 4) is 11.4 Å². The average molecular weight is 297 g/mol. The van der Waals surface area contributed by atoms with Crippen LogP contribution in [0.3, 0.4) is 0 Å². The lowest BCUT2D eigenvalue weighted by Gasteiger charge is -2.02. The SMILES string of the molecule is c1ccc2nc(-c3cc4c(cn3)oc3ccncc34)ccc2c1. The maximum Gasteiger partial charge on any atom is 0.153 e. The number of rotatable bonds is 1. The molecule has 4 aromatic heterocycles. The Bertz CT molecular complexity index is 1180. The molecular formula is C19H11N3O. The van der Waals surface area contributed by atoms with Crippen LogP contribution in [-0.2, 0) is 0 Å². The molecule has 1 aromatic carbocycles. The zero-order chi connectivity index (χ0) is 15.2. The van der Waals surface area contributed by atoms with Crippen LogP contribution in [0.1, 0.15) is 0 Å². The van der Waals surface area contributed by atoms with Crippen LogP contribution in [0.4, 0.5) is 0 Å². The van der Waals surface area contributed by atoms with Gasteiger partial charge in [-0.25, -0.2) is 4.98 Å². The molecule has 23 heavy (non-hydrogen) atoms. The van der Waals surface area contributed by atoms with Gasteiger partial charge in [-0.05, 0) is 24.3 Å². The summed E-state index contributed by atoms with van der Waals surface area (Å²) >= 11 is 0. The Labute approximate surface area is 131 Å². The smallest absolute Gasteiger partial charge is 0.153 e. The fourth-order valence-electron chi connectivity index (χ4n) is 2.87. The fourth-order valence-corrected chi connectivity index (χ4v) is 2.87. The van der Waals surface area contributed by atoms with E-state index in [0.717, 1.165) is 44.2 Å². The lowest BCUT2D eigenvalue weighted by Crippen LogP contribution is -1.88. The van der Waals surface area contributed by atoms with Crippen LogP contribution in [-0.4, -0.2) is 15.0 Å². The van der Waals surface area contributed by atoms with E-state index < -0.39 is 0 Å². The molecule has 5 rings (SSSR count). The van der Waals surface area contributed by atoms with Gasteiger partial charge in [-0.1, -0.05) is 24.3 Å². The Morgan fingerprint density at radius 3 is 2.74 bits per heavy atom. The third-order valence-corrected chi connectivity index (χ3v) is 4.02. The van der Waals surface area contributed by atoms with Crippen molar-refractivity contribution in [1.82, 2.24) is 15.0 Å². The minimum atomic E-state index is 0.762. The number of hydrogen-bond donors (Lipinski definition) is 0. The second-order valence-corrected chi connectivity index (χ2v) is 5.43. The highest BCUT2D eigenvalue weighted by atomic mass is 16.3. The third kappa shape index (κ3) is 1.89. The van der Waals surface area contributed by atoms with Crippen molar-refractivity contribution in [2.45, 2.75) is 0 Å². The zero-order valence-electron chi connectivity index (χ0n) is 12.1. The molecule has 0 amide bonds. The maximum atomic E-state index is 5.79. The number of pyridine rings is 3. The molecule has 0 unspecified atom stereocenters. The Kier molecular flexibility index (Phi) is 2.46. The van der Waals surface area contributed by atoms with Gasteiger partial charge in [-0.15, -0.1) is 0 Å². The normalized spacial score (nSPS) is 11.5. The molecule has 4 heteroatoms. The van der Waals surface area contributed by atoms with Crippen molar-refractivity contribution in [3.05, 3.63) is 67.1 Å². The first-order valence-corrected chi connectivity index (χ1v) is 7.37. The number of fused-ring (bicyclic) bond motifs is 4. The van der Waals surface area contributed by atoms with Crippen molar-refractivity contribution >= 4 is 32.8 Å². The van der Waals surface area contributed by atoms with Gasteiger partial charge in [0.05, 0.1) is 23.1 Å². The van der Waals surface area contributed by atoms with Crippen molar-refractivity contribution in [2.75, 3.05) is 0 Å². The summed E-state index contributed by atoms with van der Waals surface area (Å²) in [6.45, 7) is 0. The van der Waals surface area contributed by atoms with Crippen LogP contribution < -0.4 is 0 Å². The van der Waals surface area contributed by atoms with Gasteiger partial charge >= 0.3 is 0 Å². The summed E-state index contributed by atoms with van der Waals surface area (Å²) in [6, 6.07) is 16.0. The van der Waals surface area contributed by atoms with Crippen LogP contribution in [0.5, 0.6) is 0 Å². The highest BCUT2D eigenvalue weighted by molar-refractivity contribution is 6.05. The number of furan rings is 1. The van der Waals surface area contributed by atoms with Crippen LogP contribution in [0.15, 0.2) is 71.5 Å². The van der Waals surface area contributed by atoms with Gasteiger partial charge in [-0.3, -0.25) is 9.97 Å². The van der Waals surface area contributed by atoms with E-state index in [9.17, 15) is 0 Å². The Balaban J connectivity index is 1.76. The summed E-state index contributed by atoms with van der Waals surface area (Å²) in [5.74, 6) is 0. The zero-order valence-corrected chi connectivity index (χ0v) is 12.1. The highest BCUT2D eigenvalue weighted by Crippen LogP contribution is 2.30. The quantitative estimate of drug-likeness (QED) is 0.454. The summed E-state index contributed by atoms with van der Waals surface area (Å²) in [5.41, 5.74) is 4.22. The molecule has 0 aliphatic heterocycles. The molecule has 108 valence electrons. The van der Waals surface area contributed by atoms with Crippen molar-refractivity contribution in [1.29, 1.82) is 0 Å². The monoisotopic (exact) mass is 297 g/mol. The molecule has 0 fully saturated rings. The maximum absolute atomic E-state index is 5.79. The molecule has 0 aliphatic carbocycles. The van der Waals surface area contributed by atoms with E-state index in [0.29, 0.717) is 0 Å². The van der Waals surface area contributed by atoms with Crippen LogP contribution in [0, 0.1) is 0 Å². The standard InChI is InChI=1S/C19H11N3O/c1-2-4-15-12(3-1)5-6-16(22-15)17-9-13-14-10-20-8-7-18(14)23-19(13)11-21-17/h1-11H. The number of nitrogens with zero attached hydrogens (tertiary/aromatic N) is 3. The first-order valence-electron chi connectivity index (χ1n) is 7.37. The Hall–Kier alpha value is -3.27. The second-order valence-electron chi connectivity index (χ2n) is 5.43. The predicted octanol–water partition coefficient (Wildman–Crippen LogP) is 4.59. The number of para-hydroxylation sites is 1. The topological polar surface area (TPSA) is 51.8 Å². The van der Waals surface area contributed by atoms with Gasteiger partial charge in [-0.2, -0.15) is 0 Å². The molecule has 0 radical (unpaired) electrons. The molecule has 0 saturated heterocycles. The van der Waals surface area contributed by atoms with Gasteiger partial charge < -0.3 is 4.42 Å². The summed E-state index contributed by atoms with van der Waals surface area (Å²) in [7, 11) is 0. The molecule has 4 heterocycles. The van der Waals surface area contributed by atoms with Crippen molar-refractivity contribution in [3.63, 3.8) is 0 Å². The third-order valence-electron chi connectivity index (χ3n) is 4.02. The lowest BCUT2D eigenvalue weighted by molar-refractivity contribution is 0.666. The Morgan fingerprint density at radius 2 is 1.74 bits per heavy atom. The average Bonchev–Trinajstić information content (AvgIpc) is 2.99. The van der Waals surface area contributed by atoms with Gasteiger partial charge in [0.15, 0.2) is 5.58 Å². The van der Waals surface area contributed by atoms with E-state index in [-0.39, 0.29) is 0 Å². The van der Waals surface area contributed by atoms with E-state index in [1.165, 1.54) is 0 Å². The molecule has 0 aliphatic rings. The molecule has 0 bridgehead atoms. The van der Waals surface area contributed by atoms with E-state index in [4.69, 9.17) is 9.40 Å². The van der Waals surface area contributed by atoms with Crippen molar-refractivity contribution in [2.24, 2.45) is 0 Å². The van der Waals surface area contributed by atoms with Crippen molar-refractivity contribution < 1.29 is 4.42 Å². The first kappa shape index (κ1) is 12.3. The van der Waals surface area contributed by atoms with Crippen LogP contribution in [0.2, 0.25) is 0 Å². The highest BCUT2D eigenvalue weighted by Gasteiger charge is 2.10. The molecule has 0 N–H and O–H groups in total. The van der Waals surface area contributed by atoms with Gasteiger partial charge in [0.25, 0.3) is 0 Å². The fraction of sp³-hybridized carbons (Fsp3) is 0. The molecular weight excluding hydrogens is 286 g/mol. The summed E-state index contributed by atoms with van der Waals surface area (Å²) in [5, 5.41) is 3.12. The molecule has 4 nitrogen and oxygen atoms in total. The van der Waals surface area contributed by atoms with E-state index in [1.807, 2.05) is 42.6 Å². The first-order chi connectivity index (χ1) is 11.4.